The lowest BCUT2D eigenvalue weighted by molar-refractivity contribution is 0.0962. The highest BCUT2D eigenvalue weighted by Crippen LogP contribution is 2.00. The van der Waals surface area contributed by atoms with Crippen LogP contribution < -0.4 is 5.32 Å². The van der Waals surface area contributed by atoms with Gasteiger partial charge in [0.15, 0.2) is 0 Å². The summed E-state index contributed by atoms with van der Waals surface area (Å²) in [4.78, 5) is 10.9. The van der Waals surface area contributed by atoms with E-state index in [1.54, 1.807) is 20.2 Å². The SMILES string of the molecule is CNC(=O)c1c[nH]nc1C. The average molecular weight is 139 g/mol. The molecule has 4 nitrogen and oxygen atoms in total. The molecule has 0 fully saturated rings. The van der Waals surface area contributed by atoms with E-state index in [0.717, 1.165) is 5.69 Å². The quantitative estimate of drug-likeness (QED) is 0.578. The minimum absolute atomic E-state index is 0.105. The largest absolute Gasteiger partial charge is 0.355 e. The Labute approximate surface area is 58.6 Å². The van der Waals surface area contributed by atoms with Crippen LogP contribution >= 0.6 is 0 Å². The molecule has 0 spiro atoms. The van der Waals surface area contributed by atoms with Crippen molar-refractivity contribution in [1.29, 1.82) is 0 Å². The molecule has 0 aromatic carbocycles. The number of carbonyl (C=O) groups is 1. The second-order valence-corrected chi connectivity index (χ2v) is 1.96. The lowest BCUT2D eigenvalue weighted by Crippen LogP contribution is -2.17. The summed E-state index contributed by atoms with van der Waals surface area (Å²) in [5, 5.41) is 8.91. The molecule has 0 aliphatic rings. The molecule has 54 valence electrons. The molecule has 0 radical (unpaired) electrons. The molecule has 0 atom stereocenters. The number of nitrogens with zero attached hydrogens (tertiary/aromatic N) is 1. The van der Waals surface area contributed by atoms with Crippen molar-refractivity contribution in [2.24, 2.45) is 0 Å². The highest BCUT2D eigenvalue weighted by atomic mass is 16.1. The number of H-pyrrole nitrogens is 1. The first-order valence-electron chi connectivity index (χ1n) is 2.98. The van der Waals surface area contributed by atoms with Gasteiger partial charge in [-0.1, -0.05) is 0 Å². The van der Waals surface area contributed by atoms with Gasteiger partial charge in [-0.15, -0.1) is 0 Å². The number of hydrogen-bond acceptors (Lipinski definition) is 2. The molecule has 0 saturated heterocycles. The Hall–Kier alpha value is -1.32. The smallest absolute Gasteiger partial charge is 0.254 e. The molecule has 1 amide bonds. The van der Waals surface area contributed by atoms with Gasteiger partial charge in [0.2, 0.25) is 0 Å². The number of nitrogens with one attached hydrogen (secondary N) is 2. The van der Waals surface area contributed by atoms with Crippen LogP contribution in [0.25, 0.3) is 0 Å². The van der Waals surface area contributed by atoms with E-state index < -0.39 is 0 Å². The maximum atomic E-state index is 10.9. The van der Waals surface area contributed by atoms with Crippen LogP contribution in [0, 0.1) is 6.92 Å². The van der Waals surface area contributed by atoms with Crippen LogP contribution in [0.1, 0.15) is 16.1 Å². The third kappa shape index (κ3) is 1.00. The summed E-state index contributed by atoms with van der Waals surface area (Å²) in [5.41, 5.74) is 1.32. The van der Waals surface area contributed by atoms with Crippen LogP contribution in [0.2, 0.25) is 0 Å². The van der Waals surface area contributed by atoms with Gasteiger partial charge in [0.25, 0.3) is 5.91 Å². The van der Waals surface area contributed by atoms with E-state index in [2.05, 4.69) is 15.5 Å². The first kappa shape index (κ1) is 6.80. The normalized spacial score (nSPS) is 9.40. The molecule has 10 heavy (non-hydrogen) atoms. The van der Waals surface area contributed by atoms with Crippen molar-refractivity contribution >= 4 is 5.91 Å². The fourth-order valence-corrected chi connectivity index (χ4v) is 0.723. The van der Waals surface area contributed by atoms with Crippen molar-refractivity contribution in [1.82, 2.24) is 15.5 Å². The van der Waals surface area contributed by atoms with Crippen molar-refractivity contribution in [3.8, 4) is 0 Å². The van der Waals surface area contributed by atoms with Crippen LogP contribution in [0.15, 0.2) is 6.20 Å². The molecule has 0 bridgehead atoms. The van der Waals surface area contributed by atoms with E-state index >= 15 is 0 Å². The zero-order chi connectivity index (χ0) is 7.56. The van der Waals surface area contributed by atoms with Gasteiger partial charge in [-0.2, -0.15) is 5.10 Å². The standard InChI is InChI=1S/C6H9N3O/c1-4-5(3-8-9-4)6(10)7-2/h3H,1-2H3,(H,7,10)(H,8,9). The van der Waals surface area contributed by atoms with Gasteiger partial charge in [0, 0.05) is 13.2 Å². The molecule has 0 aliphatic heterocycles. The Morgan fingerprint density at radius 2 is 2.50 bits per heavy atom. The van der Waals surface area contributed by atoms with Crippen molar-refractivity contribution in [3.05, 3.63) is 17.5 Å². The number of rotatable bonds is 1. The minimum atomic E-state index is -0.105. The van der Waals surface area contributed by atoms with Crippen LogP contribution in [-0.4, -0.2) is 23.2 Å². The Kier molecular flexibility index (Phi) is 1.71. The Morgan fingerprint density at radius 1 is 1.80 bits per heavy atom. The zero-order valence-corrected chi connectivity index (χ0v) is 5.93. The molecule has 2 N–H and O–H groups in total. The first-order valence-corrected chi connectivity index (χ1v) is 2.98. The summed E-state index contributed by atoms with van der Waals surface area (Å²) in [7, 11) is 1.59. The van der Waals surface area contributed by atoms with Gasteiger partial charge in [-0.25, -0.2) is 0 Å². The Balaban J connectivity index is 2.93. The molecule has 0 saturated carbocycles. The van der Waals surface area contributed by atoms with Crippen LogP contribution in [-0.2, 0) is 0 Å². The molecule has 1 rings (SSSR count). The second kappa shape index (κ2) is 2.51. The van der Waals surface area contributed by atoms with Crippen LogP contribution in [0.4, 0.5) is 0 Å². The van der Waals surface area contributed by atoms with E-state index in [1.807, 2.05) is 0 Å². The van der Waals surface area contributed by atoms with Crippen molar-refractivity contribution < 1.29 is 4.79 Å². The molecular formula is C6H9N3O. The van der Waals surface area contributed by atoms with Gasteiger partial charge in [0.05, 0.1) is 11.3 Å². The summed E-state index contributed by atoms with van der Waals surface area (Å²) in [5.74, 6) is -0.105. The predicted molar refractivity (Wildman–Crippen MR) is 36.7 cm³/mol. The number of carbonyl (C=O) groups excluding carboxylic acids is 1. The molecule has 0 aliphatic carbocycles. The van der Waals surface area contributed by atoms with Crippen molar-refractivity contribution in [2.45, 2.75) is 6.92 Å². The fraction of sp³-hybridized carbons (Fsp3) is 0.333. The van der Waals surface area contributed by atoms with E-state index in [4.69, 9.17) is 0 Å². The molecule has 4 heteroatoms. The molecule has 1 aromatic rings. The van der Waals surface area contributed by atoms with Crippen molar-refractivity contribution in [2.75, 3.05) is 7.05 Å². The number of aromatic nitrogens is 2. The zero-order valence-electron chi connectivity index (χ0n) is 5.93. The Bertz CT molecular complexity index is 241. The van der Waals surface area contributed by atoms with E-state index in [1.165, 1.54) is 0 Å². The lowest BCUT2D eigenvalue weighted by Gasteiger charge is -1.93. The topological polar surface area (TPSA) is 57.8 Å². The number of aromatic amines is 1. The van der Waals surface area contributed by atoms with E-state index in [-0.39, 0.29) is 5.91 Å². The fourth-order valence-electron chi connectivity index (χ4n) is 0.723. The highest BCUT2D eigenvalue weighted by molar-refractivity contribution is 5.94. The maximum absolute atomic E-state index is 10.9. The maximum Gasteiger partial charge on any atom is 0.254 e. The van der Waals surface area contributed by atoms with E-state index in [0.29, 0.717) is 5.56 Å². The summed E-state index contributed by atoms with van der Waals surface area (Å²) in [6.07, 6.45) is 1.58. The molecule has 1 heterocycles. The van der Waals surface area contributed by atoms with Gasteiger partial charge in [0.1, 0.15) is 0 Å². The number of aryl methyl sites for hydroxylation is 1. The van der Waals surface area contributed by atoms with Gasteiger partial charge >= 0.3 is 0 Å². The lowest BCUT2D eigenvalue weighted by atomic mass is 10.2. The molecule has 1 aromatic heterocycles. The van der Waals surface area contributed by atoms with Crippen LogP contribution in [0.5, 0.6) is 0 Å². The molecular weight excluding hydrogens is 130 g/mol. The minimum Gasteiger partial charge on any atom is -0.355 e. The number of hydrogen-bond donors (Lipinski definition) is 2. The van der Waals surface area contributed by atoms with Crippen molar-refractivity contribution in [3.63, 3.8) is 0 Å². The summed E-state index contributed by atoms with van der Waals surface area (Å²) < 4.78 is 0. The predicted octanol–water partition coefficient (Wildman–Crippen LogP) is 0.0777. The van der Waals surface area contributed by atoms with Gasteiger partial charge < -0.3 is 5.32 Å². The second-order valence-electron chi connectivity index (χ2n) is 1.96. The summed E-state index contributed by atoms with van der Waals surface area (Å²) in [6, 6.07) is 0. The first-order chi connectivity index (χ1) is 4.75. The highest BCUT2D eigenvalue weighted by Gasteiger charge is 2.07. The van der Waals surface area contributed by atoms with E-state index in [9.17, 15) is 4.79 Å². The monoisotopic (exact) mass is 139 g/mol. The summed E-state index contributed by atoms with van der Waals surface area (Å²) >= 11 is 0. The molecule has 0 unspecified atom stereocenters. The third-order valence-electron chi connectivity index (χ3n) is 1.30. The third-order valence-corrected chi connectivity index (χ3v) is 1.30. The number of amides is 1. The van der Waals surface area contributed by atoms with Gasteiger partial charge in [-0.05, 0) is 6.92 Å². The van der Waals surface area contributed by atoms with Crippen LogP contribution in [0.3, 0.4) is 0 Å². The van der Waals surface area contributed by atoms with Gasteiger partial charge in [-0.3, -0.25) is 9.89 Å². The summed E-state index contributed by atoms with van der Waals surface area (Å²) in [6.45, 7) is 1.78. The Morgan fingerprint density at radius 3 is 2.90 bits per heavy atom. The average Bonchev–Trinajstić information content (AvgIpc) is 2.34.